The maximum atomic E-state index is 12.9. The van der Waals surface area contributed by atoms with E-state index < -0.39 is 0 Å². The van der Waals surface area contributed by atoms with E-state index in [1.807, 2.05) is 19.9 Å². The molecule has 1 aliphatic carbocycles. The SMILES string of the molecule is Cc1cc(C)n(C(=O)c2ccc3c(c2)N(CC(=O)NC2CCCC2)C(=O)CO3)n1. The van der Waals surface area contributed by atoms with Crippen molar-refractivity contribution in [3.05, 3.63) is 41.2 Å². The minimum Gasteiger partial charge on any atom is -0.482 e. The number of rotatable bonds is 4. The Morgan fingerprint density at radius 2 is 1.97 bits per heavy atom. The number of amides is 2. The van der Waals surface area contributed by atoms with Crippen molar-refractivity contribution in [2.75, 3.05) is 18.1 Å². The topological polar surface area (TPSA) is 93.5 Å². The monoisotopic (exact) mass is 396 g/mol. The van der Waals surface area contributed by atoms with Crippen molar-refractivity contribution < 1.29 is 19.1 Å². The number of carbonyl (C=O) groups is 3. The molecule has 1 saturated carbocycles. The predicted octanol–water partition coefficient (Wildman–Crippen LogP) is 1.97. The Morgan fingerprint density at radius 1 is 1.21 bits per heavy atom. The van der Waals surface area contributed by atoms with E-state index in [4.69, 9.17) is 4.74 Å². The van der Waals surface area contributed by atoms with Gasteiger partial charge >= 0.3 is 0 Å². The molecule has 2 amide bonds. The van der Waals surface area contributed by atoms with E-state index in [2.05, 4.69) is 10.4 Å². The molecule has 1 aromatic carbocycles. The van der Waals surface area contributed by atoms with E-state index in [1.165, 1.54) is 9.58 Å². The first-order valence-corrected chi connectivity index (χ1v) is 9.87. The highest BCUT2D eigenvalue weighted by Crippen LogP contribution is 2.33. The van der Waals surface area contributed by atoms with Gasteiger partial charge in [-0.1, -0.05) is 12.8 Å². The largest absolute Gasteiger partial charge is 0.482 e. The Bertz CT molecular complexity index is 975. The van der Waals surface area contributed by atoms with Crippen molar-refractivity contribution in [2.45, 2.75) is 45.6 Å². The fourth-order valence-corrected chi connectivity index (χ4v) is 3.95. The summed E-state index contributed by atoms with van der Waals surface area (Å²) in [6, 6.07) is 6.89. The lowest BCUT2D eigenvalue weighted by Crippen LogP contribution is -2.47. The summed E-state index contributed by atoms with van der Waals surface area (Å²) in [5.41, 5.74) is 2.27. The van der Waals surface area contributed by atoms with Gasteiger partial charge in [-0.15, -0.1) is 0 Å². The number of aromatic nitrogens is 2. The van der Waals surface area contributed by atoms with Crippen molar-refractivity contribution in [3.8, 4) is 5.75 Å². The van der Waals surface area contributed by atoms with E-state index in [0.717, 1.165) is 37.1 Å². The maximum Gasteiger partial charge on any atom is 0.278 e. The molecule has 0 spiro atoms. The zero-order valence-electron chi connectivity index (χ0n) is 16.6. The van der Waals surface area contributed by atoms with Gasteiger partial charge < -0.3 is 10.1 Å². The molecule has 29 heavy (non-hydrogen) atoms. The van der Waals surface area contributed by atoms with Crippen LogP contribution in [-0.4, -0.2) is 46.7 Å². The zero-order chi connectivity index (χ0) is 20.5. The van der Waals surface area contributed by atoms with Crippen molar-refractivity contribution in [1.82, 2.24) is 15.1 Å². The van der Waals surface area contributed by atoms with Crippen LogP contribution >= 0.6 is 0 Å². The van der Waals surface area contributed by atoms with Gasteiger partial charge in [-0.05, 0) is 51.0 Å². The number of aryl methyl sites for hydroxylation is 2. The molecule has 8 nitrogen and oxygen atoms in total. The zero-order valence-corrected chi connectivity index (χ0v) is 16.6. The lowest BCUT2D eigenvalue weighted by Gasteiger charge is -2.29. The second kappa shape index (κ2) is 7.69. The predicted molar refractivity (Wildman–Crippen MR) is 106 cm³/mol. The van der Waals surface area contributed by atoms with Crippen LogP contribution in [0.3, 0.4) is 0 Å². The number of nitrogens with one attached hydrogen (secondary N) is 1. The van der Waals surface area contributed by atoms with Crippen molar-refractivity contribution in [3.63, 3.8) is 0 Å². The van der Waals surface area contributed by atoms with Crippen LogP contribution in [0.4, 0.5) is 5.69 Å². The number of hydrogen-bond donors (Lipinski definition) is 1. The van der Waals surface area contributed by atoms with Crippen LogP contribution in [0.1, 0.15) is 47.4 Å². The standard InChI is InChI=1S/C21H24N4O4/c1-13-9-14(2)25(23-13)21(28)15-7-8-18-17(10-15)24(20(27)12-29-18)11-19(26)22-16-5-3-4-6-16/h7-10,16H,3-6,11-12H2,1-2H3,(H,22,26). The lowest BCUT2D eigenvalue weighted by atomic mass is 10.1. The Morgan fingerprint density at radius 3 is 2.66 bits per heavy atom. The summed E-state index contributed by atoms with van der Waals surface area (Å²) < 4.78 is 6.83. The molecule has 1 fully saturated rings. The van der Waals surface area contributed by atoms with Gasteiger partial charge in [0.1, 0.15) is 12.3 Å². The van der Waals surface area contributed by atoms with Gasteiger partial charge in [0.05, 0.1) is 11.4 Å². The van der Waals surface area contributed by atoms with Gasteiger partial charge in [-0.2, -0.15) is 5.10 Å². The van der Waals surface area contributed by atoms with Crippen LogP contribution in [-0.2, 0) is 9.59 Å². The highest BCUT2D eigenvalue weighted by Gasteiger charge is 2.29. The third-order valence-electron chi connectivity index (χ3n) is 5.37. The fourth-order valence-electron chi connectivity index (χ4n) is 3.95. The highest BCUT2D eigenvalue weighted by atomic mass is 16.5. The van der Waals surface area contributed by atoms with Crippen LogP contribution in [0.5, 0.6) is 5.75 Å². The van der Waals surface area contributed by atoms with Crippen molar-refractivity contribution >= 4 is 23.4 Å². The molecule has 152 valence electrons. The molecule has 1 aromatic heterocycles. The van der Waals surface area contributed by atoms with E-state index in [0.29, 0.717) is 17.0 Å². The molecule has 0 radical (unpaired) electrons. The average Bonchev–Trinajstić information content (AvgIpc) is 3.32. The van der Waals surface area contributed by atoms with E-state index in [-0.39, 0.29) is 36.9 Å². The quantitative estimate of drug-likeness (QED) is 0.853. The molecular weight excluding hydrogens is 372 g/mol. The summed E-state index contributed by atoms with van der Waals surface area (Å²) >= 11 is 0. The van der Waals surface area contributed by atoms with Crippen LogP contribution in [0, 0.1) is 13.8 Å². The summed E-state index contributed by atoms with van der Waals surface area (Å²) in [4.78, 5) is 39.2. The molecule has 2 aliphatic rings. The Labute approximate surface area is 168 Å². The number of benzene rings is 1. The van der Waals surface area contributed by atoms with Gasteiger partial charge in [0.2, 0.25) is 5.91 Å². The number of anilines is 1. The molecule has 1 N–H and O–H groups in total. The van der Waals surface area contributed by atoms with E-state index in [9.17, 15) is 14.4 Å². The van der Waals surface area contributed by atoms with Crippen LogP contribution < -0.4 is 15.0 Å². The van der Waals surface area contributed by atoms with Gasteiger partial charge in [0.25, 0.3) is 11.8 Å². The van der Waals surface area contributed by atoms with Crippen LogP contribution in [0.25, 0.3) is 0 Å². The molecule has 0 saturated heterocycles. The Kier molecular flexibility index (Phi) is 5.08. The fraction of sp³-hybridized carbons (Fsp3) is 0.429. The highest BCUT2D eigenvalue weighted by molar-refractivity contribution is 6.04. The normalized spacial score (nSPS) is 16.5. The van der Waals surface area contributed by atoms with Gasteiger partial charge in [-0.25, -0.2) is 4.68 Å². The number of fused-ring (bicyclic) bond motifs is 1. The molecule has 4 rings (SSSR count). The molecule has 0 atom stereocenters. The van der Waals surface area contributed by atoms with Gasteiger partial charge in [0, 0.05) is 17.3 Å². The first kappa shape index (κ1) is 19.2. The maximum absolute atomic E-state index is 12.9. The first-order valence-electron chi connectivity index (χ1n) is 9.87. The minimum absolute atomic E-state index is 0.0940. The average molecular weight is 396 g/mol. The summed E-state index contributed by atoms with van der Waals surface area (Å²) in [6.07, 6.45) is 4.17. The summed E-state index contributed by atoms with van der Waals surface area (Å²) in [6.45, 7) is 3.40. The minimum atomic E-state index is -0.310. The molecular formula is C21H24N4O4. The molecule has 1 aliphatic heterocycles. The molecule has 2 aromatic rings. The molecule has 0 bridgehead atoms. The molecule has 8 heteroatoms. The van der Waals surface area contributed by atoms with E-state index in [1.54, 1.807) is 18.2 Å². The second-order valence-corrected chi connectivity index (χ2v) is 7.64. The van der Waals surface area contributed by atoms with Crippen LogP contribution in [0.2, 0.25) is 0 Å². The number of nitrogens with zero attached hydrogens (tertiary/aromatic N) is 3. The smallest absolute Gasteiger partial charge is 0.278 e. The summed E-state index contributed by atoms with van der Waals surface area (Å²) in [5.74, 6) is -0.335. The number of carbonyl (C=O) groups excluding carboxylic acids is 3. The van der Waals surface area contributed by atoms with Gasteiger partial charge in [-0.3, -0.25) is 19.3 Å². The van der Waals surface area contributed by atoms with Gasteiger partial charge in [0.15, 0.2) is 6.61 Å². The molecule has 0 unspecified atom stereocenters. The summed E-state index contributed by atoms with van der Waals surface area (Å²) in [7, 11) is 0. The van der Waals surface area contributed by atoms with Crippen LogP contribution in [0.15, 0.2) is 24.3 Å². The third kappa shape index (κ3) is 3.87. The van der Waals surface area contributed by atoms with E-state index >= 15 is 0 Å². The first-order chi connectivity index (χ1) is 13.9. The van der Waals surface area contributed by atoms with Crippen molar-refractivity contribution in [1.29, 1.82) is 0 Å². The Hall–Kier alpha value is -3.16. The Balaban J connectivity index is 1.59. The number of hydrogen-bond acceptors (Lipinski definition) is 5. The second-order valence-electron chi connectivity index (χ2n) is 7.64. The molecule has 2 heterocycles. The third-order valence-corrected chi connectivity index (χ3v) is 5.37. The lowest BCUT2D eigenvalue weighted by molar-refractivity contribution is -0.125. The number of ether oxygens (including phenoxy) is 1. The van der Waals surface area contributed by atoms with Crippen molar-refractivity contribution in [2.24, 2.45) is 0 Å². The summed E-state index contributed by atoms with van der Waals surface area (Å²) in [5, 5.41) is 7.23.